The summed E-state index contributed by atoms with van der Waals surface area (Å²) in [6, 6.07) is 8.89. The van der Waals surface area contributed by atoms with Crippen LogP contribution in [0.4, 0.5) is 5.69 Å². The quantitative estimate of drug-likeness (QED) is 0.892. The molecule has 0 radical (unpaired) electrons. The summed E-state index contributed by atoms with van der Waals surface area (Å²) in [5.74, 6) is 0.553. The van der Waals surface area contributed by atoms with Crippen molar-refractivity contribution in [2.75, 3.05) is 18.5 Å². The lowest BCUT2D eigenvalue weighted by Crippen LogP contribution is -2.45. The van der Waals surface area contributed by atoms with Gasteiger partial charge in [0.25, 0.3) is 0 Å². The van der Waals surface area contributed by atoms with Crippen LogP contribution in [0.5, 0.6) is 0 Å². The summed E-state index contributed by atoms with van der Waals surface area (Å²) in [5, 5.41) is 20.8. The third-order valence-corrected chi connectivity index (χ3v) is 3.82. The molecule has 0 aliphatic heterocycles. The molecule has 1 fully saturated rings. The van der Waals surface area contributed by atoms with Crippen LogP contribution in [0, 0.1) is 28.6 Å². The summed E-state index contributed by atoms with van der Waals surface area (Å²) < 4.78 is 0. The predicted molar refractivity (Wildman–Crippen MR) is 79.5 cm³/mol. The standard InChI is InChI=1S/C16H18N4O/c1-11(16(21)19-2)20(10-12-3-4-12)15-6-5-13(8-17)14(7-15)9-18/h5-7,11-12H,3-4,10H2,1-2H3,(H,19,21)/t11-/m0/s1. The van der Waals surface area contributed by atoms with Gasteiger partial charge < -0.3 is 10.2 Å². The third kappa shape index (κ3) is 3.32. The number of hydrogen-bond donors (Lipinski definition) is 1. The zero-order valence-electron chi connectivity index (χ0n) is 12.3. The summed E-state index contributed by atoms with van der Waals surface area (Å²) in [4.78, 5) is 13.9. The molecule has 2 rings (SSSR count). The monoisotopic (exact) mass is 282 g/mol. The van der Waals surface area contributed by atoms with Gasteiger partial charge in [-0.15, -0.1) is 0 Å². The summed E-state index contributed by atoms with van der Waals surface area (Å²) >= 11 is 0. The number of rotatable bonds is 5. The lowest BCUT2D eigenvalue weighted by molar-refractivity contribution is -0.121. The molecule has 1 aromatic carbocycles. The molecule has 0 aromatic heterocycles. The lowest BCUT2D eigenvalue weighted by atomic mass is 10.1. The Morgan fingerprint density at radius 1 is 1.38 bits per heavy atom. The van der Waals surface area contributed by atoms with Crippen molar-refractivity contribution in [3.05, 3.63) is 29.3 Å². The van der Waals surface area contributed by atoms with E-state index in [-0.39, 0.29) is 11.9 Å². The van der Waals surface area contributed by atoms with Gasteiger partial charge in [0.2, 0.25) is 5.91 Å². The lowest BCUT2D eigenvalue weighted by Gasteiger charge is -2.30. The minimum Gasteiger partial charge on any atom is -0.359 e. The molecule has 108 valence electrons. The summed E-state index contributed by atoms with van der Waals surface area (Å²) in [6.07, 6.45) is 2.36. The van der Waals surface area contributed by atoms with Gasteiger partial charge >= 0.3 is 0 Å². The van der Waals surface area contributed by atoms with E-state index in [0.717, 1.165) is 12.2 Å². The first kappa shape index (κ1) is 14.9. The summed E-state index contributed by atoms with van der Waals surface area (Å²) in [7, 11) is 1.62. The molecule has 1 N–H and O–H groups in total. The Bertz CT molecular complexity index is 622. The van der Waals surface area contributed by atoms with Gasteiger partial charge in [-0.3, -0.25) is 4.79 Å². The number of benzene rings is 1. The highest BCUT2D eigenvalue weighted by Crippen LogP contribution is 2.33. The molecule has 1 atom stereocenters. The van der Waals surface area contributed by atoms with Gasteiger partial charge in [-0.2, -0.15) is 10.5 Å². The fraction of sp³-hybridized carbons (Fsp3) is 0.438. The fourth-order valence-corrected chi connectivity index (χ4v) is 2.32. The Kier molecular flexibility index (Phi) is 4.45. The maximum Gasteiger partial charge on any atom is 0.242 e. The Balaban J connectivity index is 2.34. The van der Waals surface area contributed by atoms with E-state index in [4.69, 9.17) is 10.5 Å². The number of carbonyl (C=O) groups excluding carboxylic acids is 1. The first-order valence-corrected chi connectivity index (χ1v) is 7.03. The number of hydrogen-bond acceptors (Lipinski definition) is 4. The van der Waals surface area contributed by atoms with Crippen LogP contribution >= 0.6 is 0 Å². The van der Waals surface area contributed by atoms with Crippen LogP contribution in [-0.4, -0.2) is 25.5 Å². The first-order valence-electron chi connectivity index (χ1n) is 7.03. The minimum absolute atomic E-state index is 0.0569. The average molecular weight is 282 g/mol. The van der Waals surface area contributed by atoms with Crippen molar-refractivity contribution in [3.63, 3.8) is 0 Å². The van der Waals surface area contributed by atoms with Gasteiger partial charge in [0, 0.05) is 19.3 Å². The van der Waals surface area contributed by atoms with E-state index in [0.29, 0.717) is 17.0 Å². The van der Waals surface area contributed by atoms with E-state index in [1.807, 2.05) is 24.0 Å². The summed E-state index contributed by atoms with van der Waals surface area (Å²) in [5.41, 5.74) is 1.52. The molecule has 5 nitrogen and oxygen atoms in total. The molecule has 0 bridgehead atoms. The number of nitrogens with one attached hydrogen (secondary N) is 1. The first-order chi connectivity index (χ1) is 10.1. The van der Waals surface area contributed by atoms with Crippen molar-refractivity contribution in [2.24, 2.45) is 5.92 Å². The highest BCUT2D eigenvalue weighted by atomic mass is 16.2. The van der Waals surface area contributed by atoms with Crippen LogP contribution in [0.1, 0.15) is 30.9 Å². The Hall–Kier alpha value is -2.53. The number of likely N-dealkylation sites (N-methyl/N-ethyl adjacent to an activating group) is 1. The van der Waals surface area contributed by atoms with Crippen LogP contribution in [-0.2, 0) is 4.79 Å². The third-order valence-electron chi connectivity index (χ3n) is 3.82. The molecule has 1 saturated carbocycles. The van der Waals surface area contributed by atoms with Gasteiger partial charge in [-0.1, -0.05) is 0 Å². The number of amides is 1. The van der Waals surface area contributed by atoms with Crippen molar-refractivity contribution >= 4 is 11.6 Å². The molecule has 0 heterocycles. The van der Waals surface area contributed by atoms with Crippen molar-refractivity contribution in [3.8, 4) is 12.1 Å². The second kappa shape index (κ2) is 6.28. The molecule has 1 aromatic rings. The van der Waals surface area contributed by atoms with E-state index in [1.54, 1.807) is 25.2 Å². The average Bonchev–Trinajstić information content (AvgIpc) is 3.34. The van der Waals surface area contributed by atoms with E-state index < -0.39 is 0 Å². The predicted octanol–water partition coefficient (Wildman–Crippen LogP) is 1.78. The van der Waals surface area contributed by atoms with Gasteiger partial charge in [-0.05, 0) is 43.9 Å². The van der Waals surface area contributed by atoms with E-state index in [2.05, 4.69) is 5.32 Å². The van der Waals surface area contributed by atoms with Crippen molar-refractivity contribution < 1.29 is 4.79 Å². The summed E-state index contributed by atoms with van der Waals surface area (Å²) in [6.45, 7) is 2.65. The van der Waals surface area contributed by atoms with Crippen molar-refractivity contribution in [1.82, 2.24) is 5.32 Å². The zero-order chi connectivity index (χ0) is 15.4. The van der Waals surface area contributed by atoms with Crippen molar-refractivity contribution in [1.29, 1.82) is 10.5 Å². The maximum atomic E-state index is 11.9. The van der Waals surface area contributed by atoms with Crippen LogP contribution in [0.15, 0.2) is 18.2 Å². The number of anilines is 1. The molecular formula is C16H18N4O. The molecule has 0 spiro atoms. The fourth-order valence-electron chi connectivity index (χ4n) is 2.32. The SMILES string of the molecule is CNC(=O)[C@H](C)N(CC1CC1)c1ccc(C#N)c(C#N)c1. The molecule has 1 aliphatic rings. The molecule has 21 heavy (non-hydrogen) atoms. The van der Waals surface area contributed by atoms with Crippen molar-refractivity contribution in [2.45, 2.75) is 25.8 Å². The molecule has 1 amide bonds. The Morgan fingerprint density at radius 3 is 2.57 bits per heavy atom. The zero-order valence-corrected chi connectivity index (χ0v) is 12.3. The van der Waals surface area contributed by atoms with E-state index in [1.165, 1.54) is 12.8 Å². The van der Waals surface area contributed by atoms with Crippen LogP contribution in [0.2, 0.25) is 0 Å². The molecule has 5 heteroatoms. The highest BCUT2D eigenvalue weighted by Gasteiger charge is 2.29. The largest absolute Gasteiger partial charge is 0.359 e. The molecular weight excluding hydrogens is 264 g/mol. The molecule has 0 saturated heterocycles. The molecule has 1 aliphatic carbocycles. The topological polar surface area (TPSA) is 79.9 Å². The van der Waals surface area contributed by atoms with Gasteiger partial charge in [0.1, 0.15) is 18.2 Å². The number of nitrogens with zero attached hydrogens (tertiary/aromatic N) is 3. The Labute approximate surface area is 124 Å². The second-order valence-electron chi connectivity index (χ2n) is 5.34. The second-order valence-corrected chi connectivity index (χ2v) is 5.34. The maximum absolute atomic E-state index is 11.9. The highest BCUT2D eigenvalue weighted by molar-refractivity contribution is 5.84. The Morgan fingerprint density at radius 2 is 2.05 bits per heavy atom. The normalized spacial score (nSPS) is 14.7. The molecule has 0 unspecified atom stereocenters. The van der Waals surface area contributed by atoms with Gasteiger partial charge in [0.15, 0.2) is 0 Å². The van der Waals surface area contributed by atoms with Crippen LogP contribution in [0.25, 0.3) is 0 Å². The number of nitriles is 2. The van der Waals surface area contributed by atoms with Crippen LogP contribution in [0.3, 0.4) is 0 Å². The minimum atomic E-state index is -0.310. The van der Waals surface area contributed by atoms with Gasteiger partial charge in [-0.25, -0.2) is 0 Å². The van der Waals surface area contributed by atoms with E-state index >= 15 is 0 Å². The van der Waals surface area contributed by atoms with Gasteiger partial charge in [0.05, 0.1) is 11.1 Å². The number of carbonyl (C=O) groups is 1. The van der Waals surface area contributed by atoms with E-state index in [9.17, 15) is 4.79 Å². The smallest absolute Gasteiger partial charge is 0.242 e. The van der Waals surface area contributed by atoms with Crippen LogP contribution < -0.4 is 10.2 Å².